The summed E-state index contributed by atoms with van der Waals surface area (Å²) in [6.07, 6.45) is 0. The van der Waals surface area contributed by atoms with Crippen LogP contribution in [0.2, 0.25) is 5.02 Å². The molecule has 1 atom stereocenters. The number of nitrogens with one attached hydrogen (secondary N) is 2. The predicted molar refractivity (Wildman–Crippen MR) is 77.7 cm³/mol. The summed E-state index contributed by atoms with van der Waals surface area (Å²) in [6, 6.07) is 6.02. The number of carbonyl (C=O) groups is 2. The summed E-state index contributed by atoms with van der Waals surface area (Å²) in [5.41, 5.74) is 5.90. The molecule has 0 spiro atoms. The van der Waals surface area contributed by atoms with Gasteiger partial charge in [0.1, 0.15) is 0 Å². The Morgan fingerprint density at radius 2 is 1.74 bits per heavy atom. The van der Waals surface area contributed by atoms with E-state index in [4.69, 9.17) is 17.3 Å². The highest BCUT2D eigenvalue weighted by Crippen LogP contribution is 2.08. The summed E-state index contributed by atoms with van der Waals surface area (Å²) in [4.78, 5) is 22.8. The lowest BCUT2D eigenvalue weighted by Gasteiger charge is -2.08. The first kappa shape index (κ1) is 17.7. The van der Waals surface area contributed by atoms with Gasteiger partial charge < -0.3 is 16.4 Å². The molecule has 0 bridgehead atoms. The normalized spacial score (nSPS) is 11.1. The third kappa shape index (κ3) is 6.42. The second-order valence-electron chi connectivity index (χ2n) is 3.84. The van der Waals surface area contributed by atoms with E-state index in [0.29, 0.717) is 23.7 Å². The summed E-state index contributed by atoms with van der Waals surface area (Å²) < 4.78 is 0. The van der Waals surface area contributed by atoms with Gasteiger partial charge in [-0.25, -0.2) is 0 Å². The van der Waals surface area contributed by atoms with Crippen molar-refractivity contribution in [2.75, 3.05) is 13.1 Å². The van der Waals surface area contributed by atoms with Crippen LogP contribution >= 0.6 is 24.0 Å². The zero-order chi connectivity index (χ0) is 13.5. The van der Waals surface area contributed by atoms with Gasteiger partial charge in [-0.05, 0) is 31.2 Å². The quantitative estimate of drug-likeness (QED) is 0.708. The summed E-state index contributed by atoms with van der Waals surface area (Å²) in [6.45, 7) is 2.29. The number of amides is 2. The van der Waals surface area contributed by atoms with Crippen molar-refractivity contribution in [2.45, 2.75) is 13.0 Å². The Balaban J connectivity index is 0.00000324. The summed E-state index contributed by atoms with van der Waals surface area (Å²) in [7, 11) is 0. The van der Waals surface area contributed by atoms with Gasteiger partial charge in [-0.2, -0.15) is 0 Å². The first-order chi connectivity index (χ1) is 8.50. The molecule has 2 amide bonds. The number of nitrogens with two attached hydrogens (primary N) is 1. The lowest BCUT2D eigenvalue weighted by molar-refractivity contribution is -0.121. The van der Waals surface area contributed by atoms with Crippen molar-refractivity contribution in [3.05, 3.63) is 34.9 Å². The van der Waals surface area contributed by atoms with E-state index in [1.165, 1.54) is 0 Å². The van der Waals surface area contributed by atoms with Crippen molar-refractivity contribution in [2.24, 2.45) is 5.73 Å². The third-order valence-electron chi connectivity index (χ3n) is 2.23. The van der Waals surface area contributed by atoms with Gasteiger partial charge in [0.05, 0.1) is 6.04 Å². The molecule has 4 N–H and O–H groups in total. The second-order valence-corrected chi connectivity index (χ2v) is 4.28. The highest BCUT2D eigenvalue weighted by molar-refractivity contribution is 6.30. The fourth-order valence-electron chi connectivity index (χ4n) is 1.23. The molecule has 5 nitrogen and oxygen atoms in total. The Morgan fingerprint density at radius 1 is 1.21 bits per heavy atom. The van der Waals surface area contributed by atoms with Crippen LogP contribution in [-0.2, 0) is 4.79 Å². The van der Waals surface area contributed by atoms with Crippen LogP contribution in [0.25, 0.3) is 0 Å². The number of carbonyl (C=O) groups excluding carboxylic acids is 2. The molecular formula is C12H17Cl2N3O2. The van der Waals surface area contributed by atoms with Crippen LogP contribution in [0.4, 0.5) is 0 Å². The minimum Gasteiger partial charge on any atom is -0.353 e. The fourth-order valence-corrected chi connectivity index (χ4v) is 1.35. The molecule has 1 aromatic carbocycles. The van der Waals surface area contributed by atoms with Crippen LogP contribution in [0.5, 0.6) is 0 Å². The van der Waals surface area contributed by atoms with Gasteiger partial charge in [0, 0.05) is 23.7 Å². The highest BCUT2D eigenvalue weighted by Gasteiger charge is 2.07. The molecule has 0 radical (unpaired) electrons. The minimum atomic E-state index is -0.544. The van der Waals surface area contributed by atoms with E-state index in [1.54, 1.807) is 31.2 Å². The van der Waals surface area contributed by atoms with Crippen LogP contribution in [0, 0.1) is 0 Å². The molecule has 106 valence electrons. The number of halogens is 2. The van der Waals surface area contributed by atoms with E-state index < -0.39 is 6.04 Å². The third-order valence-corrected chi connectivity index (χ3v) is 2.48. The van der Waals surface area contributed by atoms with Gasteiger partial charge in [-0.3, -0.25) is 9.59 Å². The average Bonchev–Trinajstić information content (AvgIpc) is 2.34. The highest BCUT2D eigenvalue weighted by atomic mass is 35.5. The van der Waals surface area contributed by atoms with Crippen LogP contribution in [0.1, 0.15) is 17.3 Å². The molecule has 19 heavy (non-hydrogen) atoms. The van der Waals surface area contributed by atoms with E-state index in [2.05, 4.69) is 10.6 Å². The smallest absolute Gasteiger partial charge is 0.251 e. The molecule has 0 saturated carbocycles. The van der Waals surface area contributed by atoms with Crippen LogP contribution in [-0.4, -0.2) is 30.9 Å². The molecule has 0 fully saturated rings. The summed E-state index contributed by atoms with van der Waals surface area (Å²) in [5, 5.41) is 5.85. The van der Waals surface area contributed by atoms with Crippen molar-refractivity contribution in [1.82, 2.24) is 10.6 Å². The predicted octanol–water partition coefficient (Wildman–Crippen LogP) is 0.955. The van der Waals surface area contributed by atoms with E-state index in [-0.39, 0.29) is 24.2 Å². The number of rotatable bonds is 5. The van der Waals surface area contributed by atoms with Crippen LogP contribution in [0.15, 0.2) is 24.3 Å². The molecular weight excluding hydrogens is 289 g/mol. The molecule has 1 rings (SSSR count). The van der Waals surface area contributed by atoms with Gasteiger partial charge in [-0.1, -0.05) is 11.6 Å². The Labute approximate surface area is 123 Å². The van der Waals surface area contributed by atoms with Gasteiger partial charge in [-0.15, -0.1) is 12.4 Å². The first-order valence-corrected chi connectivity index (χ1v) is 5.95. The lowest BCUT2D eigenvalue weighted by Crippen LogP contribution is -2.42. The van der Waals surface area contributed by atoms with Crippen molar-refractivity contribution in [3.63, 3.8) is 0 Å². The standard InChI is InChI=1S/C12H16ClN3O2.ClH/c1-8(14)11(17)15-6-7-16-12(18)9-2-4-10(13)5-3-9;/h2-5,8H,6-7,14H2,1H3,(H,15,17)(H,16,18);1H/t8-;/m1./s1. The van der Waals surface area contributed by atoms with Gasteiger partial charge in [0.15, 0.2) is 0 Å². The van der Waals surface area contributed by atoms with Crippen molar-refractivity contribution < 1.29 is 9.59 Å². The van der Waals surface area contributed by atoms with Gasteiger partial charge >= 0.3 is 0 Å². The second kappa shape index (κ2) is 8.74. The van der Waals surface area contributed by atoms with Gasteiger partial charge in [0.25, 0.3) is 5.91 Å². The first-order valence-electron chi connectivity index (χ1n) is 5.58. The topological polar surface area (TPSA) is 84.2 Å². The van der Waals surface area contributed by atoms with Crippen LogP contribution < -0.4 is 16.4 Å². The Hall–Kier alpha value is -1.30. The Bertz CT molecular complexity index is 421. The molecule has 0 unspecified atom stereocenters. The number of hydrogen-bond donors (Lipinski definition) is 3. The molecule has 0 saturated heterocycles. The van der Waals surface area contributed by atoms with E-state index in [1.807, 2.05) is 0 Å². The average molecular weight is 306 g/mol. The maximum absolute atomic E-state index is 11.6. The maximum Gasteiger partial charge on any atom is 0.251 e. The maximum atomic E-state index is 11.6. The summed E-state index contributed by atoms with van der Waals surface area (Å²) >= 11 is 5.72. The molecule has 0 aliphatic heterocycles. The zero-order valence-corrected chi connectivity index (χ0v) is 12.1. The fraction of sp³-hybridized carbons (Fsp3) is 0.333. The van der Waals surface area contributed by atoms with Crippen LogP contribution in [0.3, 0.4) is 0 Å². The Kier molecular flexibility index (Phi) is 8.14. The molecule has 7 heteroatoms. The van der Waals surface area contributed by atoms with Crippen molar-refractivity contribution >= 4 is 35.8 Å². The van der Waals surface area contributed by atoms with E-state index >= 15 is 0 Å². The Morgan fingerprint density at radius 3 is 2.26 bits per heavy atom. The van der Waals surface area contributed by atoms with E-state index in [9.17, 15) is 9.59 Å². The molecule has 0 aliphatic rings. The van der Waals surface area contributed by atoms with Crippen molar-refractivity contribution in [1.29, 1.82) is 0 Å². The zero-order valence-electron chi connectivity index (χ0n) is 10.5. The lowest BCUT2D eigenvalue weighted by atomic mass is 10.2. The minimum absolute atomic E-state index is 0. The monoisotopic (exact) mass is 305 g/mol. The largest absolute Gasteiger partial charge is 0.353 e. The molecule has 0 aliphatic carbocycles. The molecule has 1 aromatic rings. The van der Waals surface area contributed by atoms with Gasteiger partial charge in [0.2, 0.25) is 5.91 Å². The molecule has 0 aromatic heterocycles. The summed E-state index contributed by atoms with van der Waals surface area (Å²) in [5.74, 6) is -0.447. The SMILES string of the molecule is C[C@@H](N)C(=O)NCCNC(=O)c1ccc(Cl)cc1.Cl. The van der Waals surface area contributed by atoms with E-state index in [0.717, 1.165) is 0 Å². The number of hydrogen-bond acceptors (Lipinski definition) is 3. The van der Waals surface area contributed by atoms with Crippen molar-refractivity contribution in [3.8, 4) is 0 Å². The molecule has 0 heterocycles. The number of benzene rings is 1.